The van der Waals surface area contributed by atoms with Crippen LogP contribution in [0, 0.1) is 0 Å². The summed E-state index contributed by atoms with van der Waals surface area (Å²) in [6, 6.07) is 23.6. The number of hydrogen-bond donors (Lipinski definition) is 0. The first kappa shape index (κ1) is 18.3. The molecule has 0 saturated carbocycles. The average molecular weight is 467 g/mol. The number of pyridine rings is 1. The Morgan fingerprint density at radius 1 is 0.806 bits per heavy atom. The molecular formula is C26H16N2O2Se. The van der Waals surface area contributed by atoms with E-state index in [0.717, 1.165) is 26.9 Å². The summed E-state index contributed by atoms with van der Waals surface area (Å²) in [6.45, 7) is 0. The van der Waals surface area contributed by atoms with E-state index in [1.807, 2.05) is 24.4 Å². The molecule has 5 heteroatoms. The van der Waals surface area contributed by atoms with Crippen molar-refractivity contribution in [2.45, 2.75) is 6.42 Å². The van der Waals surface area contributed by atoms with Crippen molar-refractivity contribution < 1.29 is 9.59 Å². The number of para-hydroxylation sites is 1. The van der Waals surface area contributed by atoms with Crippen LogP contribution >= 0.6 is 0 Å². The number of rotatable bonds is 2. The molecule has 0 radical (unpaired) electrons. The molecule has 148 valence electrons. The van der Waals surface area contributed by atoms with Crippen molar-refractivity contribution in [2.24, 2.45) is 0 Å². The number of aromatic nitrogens is 1. The SMILES string of the molecule is O=C1C(=Cc2ccc(N3c4ccccc4Cc4cccnc43)[se]2)C(=O)c2ccccc21. The summed E-state index contributed by atoms with van der Waals surface area (Å²) in [5.74, 6) is 0.596. The van der Waals surface area contributed by atoms with Gasteiger partial charge in [-0.15, -0.1) is 0 Å². The Balaban J connectivity index is 1.43. The van der Waals surface area contributed by atoms with Crippen molar-refractivity contribution in [2.75, 3.05) is 4.90 Å². The number of benzene rings is 2. The van der Waals surface area contributed by atoms with Crippen molar-refractivity contribution in [1.29, 1.82) is 0 Å². The number of carbonyl (C=O) groups is 2. The Morgan fingerprint density at radius 2 is 1.52 bits per heavy atom. The van der Waals surface area contributed by atoms with Crippen molar-refractivity contribution in [3.63, 3.8) is 0 Å². The van der Waals surface area contributed by atoms with Gasteiger partial charge in [0.05, 0.1) is 0 Å². The molecular weight excluding hydrogens is 451 g/mol. The monoisotopic (exact) mass is 468 g/mol. The molecule has 3 heterocycles. The zero-order chi connectivity index (χ0) is 20.9. The molecule has 4 aromatic rings. The fourth-order valence-electron chi connectivity index (χ4n) is 4.28. The van der Waals surface area contributed by atoms with Crippen LogP contribution in [-0.4, -0.2) is 31.1 Å². The van der Waals surface area contributed by atoms with Gasteiger partial charge in [0.2, 0.25) is 0 Å². The van der Waals surface area contributed by atoms with E-state index in [-0.39, 0.29) is 31.6 Å². The molecule has 0 saturated heterocycles. The first-order valence-corrected chi connectivity index (χ1v) is 11.7. The summed E-state index contributed by atoms with van der Waals surface area (Å²) in [6.07, 6.45) is 4.47. The molecule has 2 aromatic heterocycles. The van der Waals surface area contributed by atoms with Crippen LogP contribution < -0.4 is 4.90 Å². The zero-order valence-electron chi connectivity index (χ0n) is 16.4. The van der Waals surface area contributed by atoms with Gasteiger partial charge in [0.15, 0.2) is 0 Å². The normalized spacial score (nSPS) is 14.3. The van der Waals surface area contributed by atoms with Gasteiger partial charge in [-0.2, -0.15) is 0 Å². The third-order valence-corrected chi connectivity index (χ3v) is 7.85. The van der Waals surface area contributed by atoms with Crippen LogP contribution in [0.1, 0.15) is 36.3 Å². The van der Waals surface area contributed by atoms with Gasteiger partial charge in [-0.05, 0) is 0 Å². The molecule has 0 unspecified atom stereocenters. The van der Waals surface area contributed by atoms with Crippen molar-refractivity contribution >= 4 is 48.2 Å². The molecule has 0 amide bonds. The quantitative estimate of drug-likeness (QED) is 0.209. The summed E-state index contributed by atoms with van der Waals surface area (Å²) < 4.78 is 2.15. The maximum absolute atomic E-state index is 12.8. The van der Waals surface area contributed by atoms with E-state index in [1.165, 1.54) is 11.1 Å². The van der Waals surface area contributed by atoms with Crippen LogP contribution in [0.3, 0.4) is 0 Å². The minimum atomic E-state index is -0.180. The Labute approximate surface area is 185 Å². The van der Waals surface area contributed by atoms with Crippen LogP contribution in [0.2, 0.25) is 0 Å². The number of Topliss-reactive ketones (excluding diaryl/α,β-unsaturated/α-hetero) is 2. The zero-order valence-corrected chi connectivity index (χ0v) is 18.1. The Hall–Kier alpha value is -3.53. The van der Waals surface area contributed by atoms with E-state index in [9.17, 15) is 9.59 Å². The number of anilines is 3. The third kappa shape index (κ3) is 2.86. The molecule has 0 atom stereocenters. The standard InChI is InChI=1S/C26H16N2O2Se/c29-24-19-8-2-3-9-20(19)25(30)21(24)15-18-11-12-23(31-18)28-22-10-4-1-6-16(22)14-17-7-5-13-27-26(17)28/h1-13,15H,14H2. The second-order valence-electron chi connectivity index (χ2n) is 7.56. The molecule has 1 aliphatic heterocycles. The van der Waals surface area contributed by atoms with Crippen LogP contribution in [0.4, 0.5) is 16.1 Å². The van der Waals surface area contributed by atoms with Gasteiger partial charge in [0.25, 0.3) is 0 Å². The fourth-order valence-corrected chi connectivity index (χ4v) is 6.30. The summed E-state index contributed by atoms with van der Waals surface area (Å²) in [5.41, 5.74) is 4.87. The van der Waals surface area contributed by atoms with Crippen molar-refractivity contribution in [3.05, 3.63) is 111 Å². The first-order valence-electron chi connectivity index (χ1n) is 10.0. The topological polar surface area (TPSA) is 50.3 Å². The second kappa shape index (κ2) is 7.02. The van der Waals surface area contributed by atoms with Crippen LogP contribution in [0.15, 0.2) is 84.6 Å². The van der Waals surface area contributed by atoms with Gasteiger partial charge < -0.3 is 0 Å². The van der Waals surface area contributed by atoms with E-state index in [0.29, 0.717) is 11.1 Å². The Kier molecular flexibility index (Phi) is 4.13. The molecule has 0 fully saturated rings. The van der Waals surface area contributed by atoms with Gasteiger partial charge in [-0.25, -0.2) is 0 Å². The van der Waals surface area contributed by atoms with Gasteiger partial charge in [-0.3, -0.25) is 0 Å². The number of fused-ring (bicyclic) bond motifs is 3. The molecule has 0 bridgehead atoms. The summed E-state index contributed by atoms with van der Waals surface area (Å²) in [4.78, 5) is 32.4. The van der Waals surface area contributed by atoms with E-state index >= 15 is 0 Å². The number of carbonyl (C=O) groups excluding carboxylic acids is 2. The van der Waals surface area contributed by atoms with Gasteiger partial charge in [0, 0.05) is 0 Å². The van der Waals surface area contributed by atoms with Crippen LogP contribution in [0.5, 0.6) is 0 Å². The molecule has 2 aromatic carbocycles. The minimum absolute atomic E-state index is 0.0540. The fraction of sp³-hybridized carbons (Fsp3) is 0.0385. The van der Waals surface area contributed by atoms with Crippen LogP contribution in [0.25, 0.3) is 6.08 Å². The van der Waals surface area contributed by atoms with E-state index < -0.39 is 0 Å². The Bertz CT molecular complexity index is 1330. The maximum atomic E-state index is 12.8. The molecule has 2 aliphatic rings. The van der Waals surface area contributed by atoms with E-state index in [4.69, 9.17) is 0 Å². The molecule has 31 heavy (non-hydrogen) atoms. The molecule has 4 nitrogen and oxygen atoms in total. The molecule has 0 spiro atoms. The average Bonchev–Trinajstić information content (AvgIpc) is 3.36. The predicted molar refractivity (Wildman–Crippen MR) is 122 cm³/mol. The molecule has 0 N–H and O–H groups in total. The van der Waals surface area contributed by atoms with E-state index in [1.54, 1.807) is 30.3 Å². The molecule has 1 aliphatic carbocycles. The first-order chi connectivity index (χ1) is 15.2. The number of hydrogen-bond acceptors (Lipinski definition) is 4. The van der Waals surface area contributed by atoms with E-state index in [2.05, 4.69) is 40.2 Å². The summed E-state index contributed by atoms with van der Waals surface area (Å²) in [5, 5.41) is 0. The summed E-state index contributed by atoms with van der Waals surface area (Å²) in [7, 11) is 0. The second-order valence-corrected chi connectivity index (χ2v) is 9.86. The van der Waals surface area contributed by atoms with Gasteiger partial charge in [0.1, 0.15) is 0 Å². The number of allylic oxidation sites excluding steroid dienone is 1. The number of ketones is 2. The Morgan fingerprint density at radius 3 is 2.32 bits per heavy atom. The van der Waals surface area contributed by atoms with Crippen LogP contribution in [-0.2, 0) is 6.42 Å². The van der Waals surface area contributed by atoms with Gasteiger partial charge in [-0.1, -0.05) is 0 Å². The van der Waals surface area contributed by atoms with Crippen molar-refractivity contribution in [1.82, 2.24) is 4.98 Å². The van der Waals surface area contributed by atoms with Crippen molar-refractivity contribution in [3.8, 4) is 0 Å². The molecule has 6 rings (SSSR count). The number of nitrogens with zero attached hydrogens (tertiary/aromatic N) is 2. The third-order valence-electron chi connectivity index (χ3n) is 5.72. The predicted octanol–water partition coefficient (Wildman–Crippen LogP) is 4.98. The summed E-state index contributed by atoms with van der Waals surface area (Å²) >= 11 is -0.0540. The van der Waals surface area contributed by atoms with Gasteiger partial charge >= 0.3 is 185 Å².